The first-order valence-corrected chi connectivity index (χ1v) is 16.6. The lowest BCUT2D eigenvalue weighted by atomic mass is 9.69. The normalized spacial score (nSPS) is 20.3. The molecule has 3 aromatic heterocycles. The zero-order valence-electron chi connectivity index (χ0n) is 26.9. The Labute approximate surface area is 267 Å². The van der Waals surface area contributed by atoms with Crippen LogP contribution in [0.5, 0.6) is 0 Å². The predicted molar refractivity (Wildman–Crippen MR) is 180 cm³/mol. The van der Waals surface area contributed by atoms with Gasteiger partial charge >= 0.3 is 5.66 Å². The highest BCUT2D eigenvalue weighted by Crippen LogP contribution is 2.64. The molecule has 5 heteroatoms. The number of fused-ring (bicyclic) bond motifs is 6. The molecule has 0 fully saturated rings. The minimum absolute atomic E-state index is 0.157. The van der Waals surface area contributed by atoms with Crippen LogP contribution in [0.25, 0.3) is 33.3 Å². The molecular formula is C41H33N5+2. The molecule has 0 saturated carbocycles. The van der Waals surface area contributed by atoms with E-state index in [0.717, 1.165) is 0 Å². The maximum Gasteiger partial charge on any atom is 0.394 e. The van der Waals surface area contributed by atoms with Crippen LogP contribution in [0.4, 0.5) is 17.1 Å². The topological polar surface area (TPSA) is 20.9 Å². The van der Waals surface area contributed by atoms with Crippen molar-refractivity contribution in [2.75, 3.05) is 4.90 Å². The maximum atomic E-state index is 2.66. The summed E-state index contributed by atoms with van der Waals surface area (Å²) in [6, 6.07) is 32.8. The van der Waals surface area contributed by atoms with Gasteiger partial charge in [0.25, 0.3) is 5.82 Å². The molecule has 0 N–H and O–H groups in total. The molecule has 0 aliphatic carbocycles. The van der Waals surface area contributed by atoms with Crippen LogP contribution in [0.3, 0.4) is 0 Å². The second-order valence-electron chi connectivity index (χ2n) is 15.2. The van der Waals surface area contributed by atoms with Gasteiger partial charge < -0.3 is 4.90 Å². The van der Waals surface area contributed by atoms with E-state index in [9.17, 15) is 0 Å². The van der Waals surface area contributed by atoms with Crippen LogP contribution in [0.15, 0.2) is 91.1 Å². The number of rotatable bonds is 0. The highest BCUT2D eigenvalue weighted by atomic mass is 15.6. The third-order valence-electron chi connectivity index (χ3n) is 12.4. The highest BCUT2D eigenvalue weighted by molar-refractivity contribution is 6.15. The summed E-state index contributed by atoms with van der Waals surface area (Å²) in [5, 5.41) is 2.67. The van der Waals surface area contributed by atoms with Crippen LogP contribution in [0, 0.1) is 13.8 Å². The summed E-state index contributed by atoms with van der Waals surface area (Å²) in [5.41, 5.74) is 17.8. The van der Waals surface area contributed by atoms with E-state index in [4.69, 9.17) is 0 Å². The van der Waals surface area contributed by atoms with Crippen molar-refractivity contribution in [3.63, 3.8) is 0 Å². The Morgan fingerprint density at radius 3 is 2.22 bits per heavy atom. The number of pyridine rings is 1. The quantitative estimate of drug-likeness (QED) is 0.164. The summed E-state index contributed by atoms with van der Waals surface area (Å²) in [5.74, 6) is 1.29. The van der Waals surface area contributed by atoms with Crippen molar-refractivity contribution >= 4 is 38.9 Å². The molecule has 4 aromatic carbocycles. The van der Waals surface area contributed by atoms with Gasteiger partial charge in [-0.2, -0.15) is 9.13 Å². The van der Waals surface area contributed by atoms with E-state index in [1.54, 1.807) is 0 Å². The van der Waals surface area contributed by atoms with E-state index in [-0.39, 0.29) is 10.8 Å². The van der Waals surface area contributed by atoms with E-state index >= 15 is 0 Å². The molecule has 1 unspecified atom stereocenters. The molecular weight excluding hydrogens is 562 g/mol. The summed E-state index contributed by atoms with van der Waals surface area (Å²) >= 11 is 0. The molecule has 8 heterocycles. The van der Waals surface area contributed by atoms with Crippen molar-refractivity contribution in [2.45, 2.75) is 58.0 Å². The van der Waals surface area contributed by atoms with Gasteiger partial charge in [-0.3, -0.25) is 0 Å². The molecule has 1 atom stereocenters. The van der Waals surface area contributed by atoms with Crippen LogP contribution in [-0.4, -0.2) is 9.25 Å². The zero-order chi connectivity index (χ0) is 30.8. The molecule has 220 valence electrons. The predicted octanol–water partition coefficient (Wildman–Crippen LogP) is 7.75. The number of benzene rings is 4. The largest absolute Gasteiger partial charge is 0.394 e. The highest BCUT2D eigenvalue weighted by Gasteiger charge is 2.71. The zero-order valence-corrected chi connectivity index (χ0v) is 26.9. The second kappa shape index (κ2) is 6.82. The SMILES string of the molecule is Cc1cc(C)[n+]2n1-c1ccc3c4c1C21c2c(ccc5c6cccc7c6n(c25)-c2c(ccc[n+]21)C7(C)C)N4c1ccccc1C3(C)C. The van der Waals surface area contributed by atoms with Crippen molar-refractivity contribution in [3.8, 4) is 11.5 Å². The minimum Gasteiger partial charge on any atom is -0.308 e. The van der Waals surface area contributed by atoms with Crippen LogP contribution in [0.1, 0.15) is 72.5 Å². The fourth-order valence-corrected chi connectivity index (χ4v) is 10.7. The van der Waals surface area contributed by atoms with Gasteiger partial charge in [0.2, 0.25) is 5.69 Å². The summed E-state index contributed by atoms with van der Waals surface area (Å²) in [4.78, 5) is 2.62. The first-order valence-electron chi connectivity index (χ1n) is 16.6. The fourth-order valence-electron chi connectivity index (χ4n) is 10.7. The van der Waals surface area contributed by atoms with Gasteiger partial charge in [-0.25, -0.2) is 0 Å². The van der Waals surface area contributed by atoms with E-state index in [2.05, 4.69) is 156 Å². The summed E-state index contributed by atoms with van der Waals surface area (Å²) in [6.07, 6.45) is 2.37. The Bertz CT molecular complexity index is 2680. The van der Waals surface area contributed by atoms with Crippen molar-refractivity contribution in [2.24, 2.45) is 0 Å². The lowest BCUT2D eigenvalue weighted by Gasteiger charge is -2.47. The van der Waals surface area contributed by atoms with Crippen LogP contribution in [-0.2, 0) is 16.5 Å². The van der Waals surface area contributed by atoms with Crippen molar-refractivity contribution in [1.82, 2.24) is 9.25 Å². The Kier molecular flexibility index (Phi) is 3.58. The number of aromatic nitrogens is 4. The second-order valence-corrected chi connectivity index (χ2v) is 15.2. The molecule has 7 aromatic rings. The molecule has 5 aliphatic heterocycles. The summed E-state index contributed by atoms with van der Waals surface area (Å²) in [7, 11) is 0. The van der Waals surface area contributed by atoms with Crippen molar-refractivity contribution in [1.29, 1.82) is 0 Å². The molecule has 0 radical (unpaired) electrons. The van der Waals surface area contributed by atoms with Gasteiger partial charge in [-0.15, -0.1) is 4.68 Å². The van der Waals surface area contributed by atoms with Crippen LogP contribution >= 0.6 is 0 Å². The Hall–Kier alpha value is -5.16. The third-order valence-corrected chi connectivity index (χ3v) is 12.4. The molecule has 5 aliphatic rings. The molecule has 0 amide bonds. The van der Waals surface area contributed by atoms with E-state index in [1.807, 2.05) is 0 Å². The third kappa shape index (κ3) is 2.07. The van der Waals surface area contributed by atoms with Gasteiger partial charge in [0.1, 0.15) is 22.3 Å². The number of para-hydroxylation sites is 2. The molecule has 5 nitrogen and oxygen atoms in total. The number of hydrogen-bond donors (Lipinski definition) is 0. The van der Waals surface area contributed by atoms with Crippen LogP contribution < -0.4 is 14.1 Å². The van der Waals surface area contributed by atoms with Gasteiger partial charge in [-0.05, 0) is 60.5 Å². The molecule has 0 bridgehead atoms. The van der Waals surface area contributed by atoms with E-state index < -0.39 is 5.66 Å². The van der Waals surface area contributed by atoms with Crippen molar-refractivity contribution < 1.29 is 9.25 Å². The lowest BCUT2D eigenvalue weighted by Crippen LogP contribution is -2.78. The van der Waals surface area contributed by atoms with Gasteiger partial charge in [0.15, 0.2) is 5.52 Å². The Balaban J connectivity index is 1.44. The van der Waals surface area contributed by atoms with E-state index in [1.165, 1.54) is 95.1 Å². The molecule has 1 spiro atoms. The average Bonchev–Trinajstić information content (AvgIpc) is 3.67. The Morgan fingerprint density at radius 2 is 1.35 bits per heavy atom. The lowest BCUT2D eigenvalue weighted by molar-refractivity contribution is -0.995. The van der Waals surface area contributed by atoms with Gasteiger partial charge in [-0.1, -0.05) is 68.8 Å². The first kappa shape index (κ1) is 24.1. The summed E-state index contributed by atoms with van der Waals surface area (Å²) < 4.78 is 10.4. The molecule has 12 rings (SSSR count). The monoisotopic (exact) mass is 595 g/mol. The van der Waals surface area contributed by atoms with E-state index in [0.29, 0.717) is 0 Å². The fraction of sp³-hybridized carbons (Fsp3) is 0.220. The number of nitrogens with zero attached hydrogens (tertiary/aromatic N) is 5. The standard InChI is InChI=1S/C41H33N5/c1-22-21-23(2)46-41-33-31(43-30-15-8-7-12-26(30)39(3,4)28-17-19-32(45(22)46)34(41)37(28)43)18-16-25-24-11-9-13-27-35(24)44(36(25)33)38-29(40(27,5)6)14-10-20-42(38)41/h7-21H,1-6H3/q+2. The number of hydrogen-bond acceptors (Lipinski definition) is 1. The molecule has 0 saturated heterocycles. The molecule has 46 heavy (non-hydrogen) atoms. The van der Waals surface area contributed by atoms with Crippen molar-refractivity contribution in [3.05, 3.63) is 136 Å². The van der Waals surface area contributed by atoms with Crippen LogP contribution in [0.2, 0.25) is 0 Å². The number of aryl methyl sites for hydroxylation is 2. The number of anilines is 3. The maximum absolute atomic E-state index is 2.66. The van der Waals surface area contributed by atoms with Gasteiger partial charge in [0, 0.05) is 40.2 Å². The summed E-state index contributed by atoms with van der Waals surface area (Å²) in [6.45, 7) is 14.2. The smallest absolute Gasteiger partial charge is 0.308 e. The van der Waals surface area contributed by atoms with Gasteiger partial charge in [0.05, 0.1) is 34.5 Å². The minimum atomic E-state index is -0.601. The average molecular weight is 596 g/mol. The first-order chi connectivity index (χ1) is 22.2. The Morgan fingerprint density at radius 1 is 0.609 bits per heavy atom.